The molecule has 12 heavy (non-hydrogen) atoms. The molecule has 0 spiro atoms. The maximum atomic E-state index is 8.66. The largest absolute Gasteiger partial charge is 2.00 e. The molecule has 0 saturated heterocycles. The third-order valence-electron chi connectivity index (χ3n) is 0. The van der Waals surface area contributed by atoms with Crippen molar-refractivity contribution in [2.24, 2.45) is 0 Å². The van der Waals surface area contributed by atoms with E-state index in [9.17, 15) is 0 Å². The molecule has 0 fully saturated rings. The van der Waals surface area contributed by atoms with Crippen LogP contribution in [-0.4, -0.2) is 32.8 Å². The Kier molecular flexibility index (Phi) is 17.7. The van der Waals surface area contributed by atoms with Crippen molar-refractivity contribution >= 4 is 38.7 Å². The molecule has 12 heteroatoms. The summed E-state index contributed by atoms with van der Waals surface area (Å²) in [5.74, 6) is 0. The summed E-state index contributed by atoms with van der Waals surface area (Å²) in [5, 5.41) is 0. The van der Waals surface area contributed by atoms with Crippen LogP contribution in [0.15, 0.2) is 0 Å². The fraction of sp³-hybridized carbons (Fsp3) is 0. The minimum atomic E-state index is -5.14. The Morgan fingerprint density at radius 2 is 0.833 bits per heavy atom. The summed E-state index contributed by atoms with van der Waals surface area (Å²) in [6.07, 6.45) is 0. The third kappa shape index (κ3) is 560. The summed E-state index contributed by atoms with van der Waals surface area (Å²) < 4.78 is 17.3. The molecule has 0 aliphatic heterocycles. The first-order valence-corrected chi connectivity index (χ1v) is 4.49. The molecule has 0 aliphatic rings. The van der Waals surface area contributed by atoms with Crippen molar-refractivity contribution in [3.8, 4) is 0 Å². The van der Waals surface area contributed by atoms with Crippen LogP contribution in [0.4, 0.5) is 0 Å². The predicted octanol–water partition coefficient (Wildman–Crippen LogP) is -4.77. The van der Waals surface area contributed by atoms with Crippen LogP contribution in [0, 0.1) is 0 Å². The zero-order valence-corrected chi connectivity index (χ0v) is 9.71. The molecule has 0 unspecified atom stereocenters. The Labute approximate surface area is 94.1 Å². The van der Waals surface area contributed by atoms with Gasteiger partial charge in [-0.2, -0.15) is 0 Å². The van der Waals surface area contributed by atoms with Crippen molar-refractivity contribution in [2.75, 3.05) is 0 Å². The fourth-order valence-electron chi connectivity index (χ4n) is 0. The van der Waals surface area contributed by atoms with E-state index in [0.717, 1.165) is 0 Å². The molecule has 0 atom stereocenters. The molecule has 0 rings (SSSR count). The molecule has 8 nitrogen and oxygen atoms in total. The van der Waals surface area contributed by atoms with Crippen LogP contribution in [0.2, 0.25) is 0 Å². The zero-order chi connectivity index (χ0) is 9.00. The van der Waals surface area contributed by atoms with Gasteiger partial charge in [-0.05, 0) is 0 Å². The molecule has 69 valence electrons. The van der Waals surface area contributed by atoms with E-state index in [-0.39, 0.29) is 40.1 Å². The maximum absolute atomic E-state index is 8.66. The minimum Gasteiger partial charge on any atom is -0.790 e. The van der Waals surface area contributed by atoms with Crippen LogP contribution in [0.5, 0.6) is 0 Å². The summed E-state index contributed by atoms with van der Waals surface area (Å²) in [6, 6.07) is 0. The van der Waals surface area contributed by atoms with Crippen LogP contribution < -0.4 is 19.6 Å². The average molecular weight is 271 g/mol. The Bertz CT molecular complexity index is 129. The van der Waals surface area contributed by atoms with Gasteiger partial charge in [-0.15, -0.1) is 0 Å². The van der Waals surface area contributed by atoms with Crippen LogP contribution in [0.1, 0.15) is 0 Å². The second kappa shape index (κ2) is 9.08. The Hall–Kier alpha value is 1.51. The van der Waals surface area contributed by atoms with Gasteiger partial charge in [0.1, 0.15) is 0 Å². The van der Waals surface area contributed by atoms with Crippen molar-refractivity contribution in [1.29, 1.82) is 0 Å². The molecule has 0 aromatic rings. The van der Waals surface area contributed by atoms with Gasteiger partial charge in [-0.25, -0.2) is 0 Å². The predicted molar refractivity (Wildman–Crippen MR) is 25.4 cm³/mol. The summed E-state index contributed by atoms with van der Waals surface area (Å²) in [7, 11) is -10.3. The topological polar surface area (TPSA) is 167 Å². The molecule has 0 aromatic carbocycles. The molecular weight excluding hydrogens is 269 g/mol. The first kappa shape index (κ1) is 23.4. The number of phosphoric acid groups is 2. The summed E-state index contributed by atoms with van der Waals surface area (Å²) in [6.45, 7) is 0. The standard InChI is InChI=1S/Mg.Mn.2H3O4P/c;;2*1-5(2,3)4/h;;2*(H3,1,2,3,4)/q2*+2;;/p-4. The molecule has 0 amide bonds. The summed E-state index contributed by atoms with van der Waals surface area (Å²) in [5.41, 5.74) is 0. The van der Waals surface area contributed by atoms with Crippen LogP contribution in [-0.2, 0) is 26.2 Å². The summed E-state index contributed by atoms with van der Waals surface area (Å²) in [4.78, 5) is 48.6. The van der Waals surface area contributed by atoms with Gasteiger partial charge in [0.05, 0.1) is 15.6 Å². The van der Waals surface area contributed by atoms with Gasteiger partial charge >= 0.3 is 40.1 Å². The third-order valence-corrected chi connectivity index (χ3v) is 0. The average Bonchev–Trinajstić information content (AvgIpc) is 1.12. The Morgan fingerprint density at radius 1 is 0.833 bits per heavy atom. The maximum Gasteiger partial charge on any atom is 2.00 e. The van der Waals surface area contributed by atoms with Gasteiger partial charge in [0.2, 0.25) is 0 Å². The van der Waals surface area contributed by atoms with E-state index in [0.29, 0.717) is 0 Å². The first-order chi connectivity index (χ1) is 4.00. The van der Waals surface area contributed by atoms with Gasteiger partial charge in [0.25, 0.3) is 0 Å². The van der Waals surface area contributed by atoms with E-state index >= 15 is 0 Å². The van der Waals surface area contributed by atoms with Crippen molar-refractivity contribution < 1.29 is 55.6 Å². The second-order valence-electron chi connectivity index (χ2n) is 0.937. The number of hydrogen-bond acceptors (Lipinski definition) is 6. The number of rotatable bonds is 0. The van der Waals surface area contributed by atoms with Crippen LogP contribution >= 0.6 is 15.6 Å². The monoisotopic (exact) mass is 271 g/mol. The smallest absolute Gasteiger partial charge is 0.790 e. The summed E-state index contributed by atoms with van der Waals surface area (Å²) >= 11 is 0. The molecule has 0 heterocycles. The molecule has 0 aromatic heterocycles. The fourth-order valence-corrected chi connectivity index (χ4v) is 0. The molecular formula is H2MgMnO8P2. The van der Waals surface area contributed by atoms with E-state index in [1.54, 1.807) is 0 Å². The molecule has 0 saturated carbocycles. The SMILES string of the molecule is O=P([O-])([O-])O.O=P([O-])([O-])O.[Mg+2].[Mn+2]. The van der Waals surface area contributed by atoms with Crippen LogP contribution in [0.3, 0.4) is 0 Å². The Morgan fingerprint density at radius 3 is 0.833 bits per heavy atom. The first-order valence-electron chi connectivity index (χ1n) is 1.50. The molecule has 2 N–H and O–H groups in total. The van der Waals surface area contributed by atoms with E-state index in [2.05, 4.69) is 0 Å². The van der Waals surface area contributed by atoms with E-state index in [1.807, 2.05) is 0 Å². The van der Waals surface area contributed by atoms with Gasteiger partial charge < -0.3 is 38.5 Å². The van der Waals surface area contributed by atoms with Crippen LogP contribution in [0.25, 0.3) is 0 Å². The zero-order valence-electron chi connectivity index (χ0n) is 5.32. The van der Waals surface area contributed by atoms with Crippen molar-refractivity contribution in [3.63, 3.8) is 0 Å². The minimum absolute atomic E-state index is 0. The van der Waals surface area contributed by atoms with Gasteiger partial charge in [-0.3, -0.25) is 0 Å². The Balaban J connectivity index is -0.0000000457. The molecule has 0 bridgehead atoms. The second-order valence-corrected chi connectivity index (χ2v) is 2.81. The van der Waals surface area contributed by atoms with Crippen molar-refractivity contribution in [1.82, 2.24) is 0 Å². The van der Waals surface area contributed by atoms with Crippen molar-refractivity contribution in [3.05, 3.63) is 0 Å². The normalized spacial score (nSPS) is 9.83. The molecule has 1 radical (unpaired) electrons. The van der Waals surface area contributed by atoms with E-state index < -0.39 is 15.6 Å². The van der Waals surface area contributed by atoms with Gasteiger partial charge in [0.15, 0.2) is 0 Å². The van der Waals surface area contributed by atoms with E-state index in [1.165, 1.54) is 0 Å². The van der Waals surface area contributed by atoms with Crippen molar-refractivity contribution in [2.45, 2.75) is 0 Å². The van der Waals surface area contributed by atoms with E-state index in [4.69, 9.17) is 38.5 Å². The molecule has 0 aliphatic carbocycles. The quantitative estimate of drug-likeness (QED) is 0.327. The van der Waals surface area contributed by atoms with Gasteiger partial charge in [0, 0.05) is 0 Å². The number of hydrogen-bond donors (Lipinski definition) is 2. The van der Waals surface area contributed by atoms with Gasteiger partial charge in [-0.1, -0.05) is 0 Å².